The van der Waals surface area contributed by atoms with Gasteiger partial charge < -0.3 is 5.32 Å². The van der Waals surface area contributed by atoms with Crippen molar-refractivity contribution in [3.8, 4) is 0 Å². The molecule has 2 aliphatic rings. The smallest absolute Gasteiger partial charge is 0.287 e. The van der Waals surface area contributed by atoms with E-state index < -0.39 is 0 Å². The molecule has 98 valence electrons. The molecule has 3 unspecified atom stereocenters. The highest BCUT2D eigenvalue weighted by atomic mass is 35.5. The molecule has 2 aliphatic carbocycles. The Balaban J connectivity index is 1.81. The molecule has 18 heavy (non-hydrogen) atoms. The zero-order valence-corrected chi connectivity index (χ0v) is 11.3. The number of halogens is 1. The molecular weight excluding hydrogens is 250 g/mol. The molecule has 3 atom stereocenters. The van der Waals surface area contributed by atoms with Gasteiger partial charge >= 0.3 is 0 Å². The van der Waals surface area contributed by atoms with Gasteiger partial charge in [0.25, 0.3) is 5.56 Å². The molecule has 1 aromatic rings. The first-order valence-corrected chi connectivity index (χ1v) is 7.09. The van der Waals surface area contributed by atoms with Gasteiger partial charge in [-0.05, 0) is 38.0 Å². The molecule has 1 N–H and O–H groups in total. The highest BCUT2D eigenvalue weighted by molar-refractivity contribution is 6.32. The Bertz CT molecular complexity index is 513. The van der Waals surface area contributed by atoms with Gasteiger partial charge in [0.05, 0.1) is 11.9 Å². The van der Waals surface area contributed by atoms with Crippen molar-refractivity contribution in [1.29, 1.82) is 0 Å². The summed E-state index contributed by atoms with van der Waals surface area (Å²) in [5.74, 6) is 1.62. The van der Waals surface area contributed by atoms with Gasteiger partial charge in [-0.3, -0.25) is 4.79 Å². The molecule has 0 spiro atoms. The van der Waals surface area contributed by atoms with E-state index in [9.17, 15) is 4.79 Å². The first kappa shape index (κ1) is 12.0. The molecule has 0 amide bonds. The number of hydrogen-bond acceptors (Lipinski definition) is 3. The van der Waals surface area contributed by atoms with Crippen molar-refractivity contribution in [2.45, 2.75) is 45.2 Å². The highest BCUT2D eigenvalue weighted by Gasteiger charge is 2.39. The van der Waals surface area contributed by atoms with E-state index in [2.05, 4.69) is 10.4 Å². The Morgan fingerprint density at radius 2 is 2.33 bits per heavy atom. The van der Waals surface area contributed by atoms with E-state index in [4.69, 9.17) is 11.6 Å². The molecule has 4 nitrogen and oxygen atoms in total. The molecule has 5 heteroatoms. The average Bonchev–Trinajstić information content (AvgIpc) is 2.97. The number of aromatic nitrogens is 2. The third-order valence-corrected chi connectivity index (χ3v) is 4.73. The van der Waals surface area contributed by atoms with Gasteiger partial charge in [-0.15, -0.1) is 0 Å². The molecule has 0 aromatic carbocycles. The van der Waals surface area contributed by atoms with Crippen LogP contribution in [0.25, 0.3) is 0 Å². The van der Waals surface area contributed by atoms with Crippen LogP contribution in [-0.4, -0.2) is 15.8 Å². The fourth-order valence-electron chi connectivity index (χ4n) is 3.41. The quantitative estimate of drug-likeness (QED) is 0.915. The van der Waals surface area contributed by atoms with Crippen molar-refractivity contribution in [2.75, 3.05) is 5.32 Å². The van der Waals surface area contributed by atoms with Gasteiger partial charge in [0.15, 0.2) is 0 Å². The van der Waals surface area contributed by atoms with Crippen LogP contribution in [-0.2, 0) is 6.54 Å². The number of nitrogens with zero attached hydrogens (tertiary/aromatic N) is 2. The molecule has 2 fully saturated rings. The Hall–Kier alpha value is -1.03. The fourth-order valence-corrected chi connectivity index (χ4v) is 3.61. The first-order valence-electron chi connectivity index (χ1n) is 6.71. The summed E-state index contributed by atoms with van der Waals surface area (Å²) < 4.78 is 1.38. The Labute approximate surface area is 111 Å². The lowest BCUT2D eigenvalue weighted by atomic mass is 9.95. The van der Waals surface area contributed by atoms with Crippen LogP contribution in [0, 0.1) is 11.8 Å². The summed E-state index contributed by atoms with van der Waals surface area (Å²) >= 11 is 6.12. The van der Waals surface area contributed by atoms with Crippen molar-refractivity contribution in [1.82, 2.24) is 9.78 Å². The zero-order chi connectivity index (χ0) is 12.7. The van der Waals surface area contributed by atoms with Crippen LogP contribution in [0.15, 0.2) is 11.0 Å². The standard InChI is InChI=1S/C13H18ClN3O/c1-2-17-13(18)12(14)11(7-15-17)16-10-6-8-3-4-9(10)5-8/h7-10,16H,2-6H2,1H3. The molecule has 2 saturated carbocycles. The predicted molar refractivity (Wildman–Crippen MR) is 72.0 cm³/mol. The second kappa shape index (κ2) is 4.57. The molecule has 3 rings (SSSR count). The summed E-state index contributed by atoms with van der Waals surface area (Å²) in [5, 5.41) is 7.82. The van der Waals surface area contributed by atoms with Gasteiger partial charge in [0.1, 0.15) is 5.02 Å². The van der Waals surface area contributed by atoms with Crippen molar-refractivity contribution in [2.24, 2.45) is 11.8 Å². The number of rotatable bonds is 3. The van der Waals surface area contributed by atoms with Crippen LogP contribution >= 0.6 is 11.6 Å². The average molecular weight is 268 g/mol. The first-order chi connectivity index (χ1) is 8.69. The third kappa shape index (κ3) is 1.92. The van der Waals surface area contributed by atoms with Crippen LogP contribution in [0.1, 0.15) is 32.6 Å². The lowest BCUT2D eigenvalue weighted by Gasteiger charge is -2.24. The summed E-state index contributed by atoms with van der Waals surface area (Å²) in [4.78, 5) is 11.9. The van der Waals surface area contributed by atoms with E-state index in [1.54, 1.807) is 6.20 Å². The van der Waals surface area contributed by atoms with Gasteiger partial charge in [-0.25, -0.2) is 4.68 Å². The Morgan fingerprint density at radius 3 is 2.94 bits per heavy atom. The van der Waals surface area contributed by atoms with Gasteiger partial charge in [-0.2, -0.15) is 5.10 Å². The minimum Gasteiger partial charge on any atom is -0.379 e. The maximum atomic E-state index is 11.9. The topological polar surface area (TPSA) is 46.9 Å². The summed E-state index contributed by atoms with van der Waals surface area (Å²) in [6.07, 6.45) is 6.89. The fraction of sp³-hybridized carbons (Fsp3) is 0.692. The second-order valence-corrected chi connectivity index (χ2v) is 5.80. The Kier molecular flexibility index (Phi) is 3.06. The van der Waals surface area contributed by atoms with E-state index in [-0.39, 0.29) is 10.6 Å². The summed E-state index contributed by atoms with van der Waals surface area (Å²) in [6.45, 7) is 2.43. The maximum absolute atomic E-state index is 11.9. The number of aryl methyl sites for hydroxylation is 1. The maximum Gasteiger partial charge on any atom is 0.287 e. The highest BCUT2D eigenvalue weighted by Crippen LogP contribution is 2.45. The van der Waals surface area contributed by atoms with E-state index in [1.165, 1.54) is 30.4 Å². The van der Waals surface area contributed by atoms with Crippen LogP contribution in [0.3, 0.4) is 0 Å². The van der Waals surface area contributed by atoms with Gasteiger partial charge in [0.2, 0.25) is 0 Å². The van der Waals surface area contributed by atoms with Crippen molar-refractivity contribution in [3.05, 3.63) is 21.6 Å². The largest absolute Gasteiger partial charge is 0.379 e. The molecule has 1 heterocycles. The zero-order valence-electron chi connectivity index (χ0n) is 10.5. The normalized spacial score (nSPS) is 29.8. The van der Waals surface area contributed by atoms with Crippen LogP contribution in [0.5, 0.6) is 0 Å². The Morgan fingerprint density at radius 1 is 1.50 bits per heavy atom. The number of hydrogen-bond donors (Lipinski definition) is 1. The second-order valence-electron chi connectivity index (χ2n) is 5.42. The monoisotopic (exact) mass is 267 g/mol. The summed E-state index contributed by atoms with van der Waals surface area (Å²) in [6, 6.07) is 0.472. The van der Waals surface area contributed by atoms with Gasteiger partial charge in [-0.1, -0.05) is 18.0 Å². The molecule has 2 bridgehead atoms. The van der Waals surface area contributed by atoms with Crippen LogP contribution in [0.4, 0.5) is 5.69 Å². The lowest BCUT2D eigenvalue weighted by Crippen LogP contribution is -2.29. The van der Waals surface area contributed by atoms with Crippen LogP contribution in [0.2, 0.25) is 5.02 Å². The predicted octanol–water partition coefficient (Wildman–Crippen LogP) is 2.52. The number of fused-ring (bicyclic) bond motifs is 2. The van der Waals surface area contributed by atoms with Gasteiger partial charge in [0, 0.05) is 12.6 Å². The molecule has 0 saturated heterocycles. The number of nitrogens with one attached hydrogen (secondary N) is 1. The van der Waals surface area contributed by atoms with Crippen molar-refractivity contribution < 1.29 is 0 Å². The lowest BCUT2D eigenvalue weighted by molar-refractivity contribution is 0.439. The minimum absolute atomic E-state index is 0.202. The van der Waals surface area contributed by atoms with E-state index in [1.807, 2.05) is 6.92 Å². The molecular formula is C13H18ClN3O. The summed E-state index contributed by atoms with van der Waals surface area (Å²) in [5.41, 5.74) is 0.497. The third-order valence-electron chi connectivity index (χ3n) is 4.36. The van der Waals surface area contributed by atoms with E-state index in [0.29, 0.717) is 18.3 Å². The number of anilines is 1. The molecule has 1 aromatic heterocycles. The minimum atomic E-state index is -0.202. The SMILES string of the molecule is CCn1ncc(NC2CC3CCC2C3)c(Cl)c1=O. The van der Waals surface area contributed by atoms with E-state index in [0.717, 1.165) is 11.8 Å². The summed E-state index contributed by atoms with van der Waals surface area (Å²) in [7, 11) is 0. The van der Waals surface area contributed by atoms with Crippen LogP contribution < -0.4 is 10.9 Å². The van der Waals surface area contributed by atoms with Crippen molar-refractivity contribution >= 4 is 17.3 Å². The van der Waals surface area contributed by atoms with Crippen molar-refractivity contribution in [3.63, 3.8) is 0 Å². The molecule has 0 aliphatic heterocycles. The van der Waals surface area contributed by atoms with E-state index >= 15 is 0 Å². The molecule has 0 radical (unpaired) electrons.